The summed E-state index contributed by atoms with van der Waals surface area (Å²) >= 11 is 1.57. The first-order valence-corrected chi connectivity index (χ1v) is 10.2. The van der Waals surface area contributed by atoms with Crippen LogP contribution in [-0.2, 0) is 16.4 Å². The number of sulfonamides is 1. The van der Waals surface area contributed by atoms with Crippen molar-refractivity contribution in [1.29, 1.82) is 0 Å². The summed E-state index contributed by atoms with van der Waals surface area (Å²) in [7, 11) is -3.65. The zero-order valence-electron chi connectivity index (χ0n) is 13.5. The Morgan fingerprint density at radius 3 is 2.76 bits per heavy atom. The van der Waals surface area contributed by atoms with Gasteiger partial charge in [0.2, 0.25) is 10.0 Å². The van der Waals surface area contributed by atoms with Crippen molar-refractivity contribution >= 4 is 33.4 Å². The Morgan fingerprint density at radius 2 is 2.12 bits per heavy atom. The number of rotatable bonds is 5. The third-order valence-electron chi connectivity index (χ3n) is 3.69. The van der Waals surface area contributed by atoms with Crippen molar-refractivity contribution in [2.75, 3.05) is 25.9 Å². The molecule has 10 heteroatoms. The molecule has 0 atom stereocenters. The van der Waals surface area contributed by atoms with Crippen LogP contribution in [0, 0.1) is 0 Å². The van der Waals surface area contributed by atoms with Gasteiger partial charge < -0.3 is 9.73 Å². The van der Waals surface area contributed by atoms with Crippen molar-refractivity contribution in [3.63, 3.8) is 0 Å². The van der Waals surface area contributed by atoms with Crippen molar-refractivity contribution in [3.05, 3.63) is 35.4 Å². The van der Waals surface area contributed by atoms with Gasteiger partial charge in [-0.05, 0) is 30.7 Å². The quantitative estimate of drug-likeness (QED) is 0.851. The van der Waals surface area contributed by atoms with Crippen LogP contribution >= 0.6 is 11.3 Å². The van der Waals surface area contributed by atoms with Crippen LogP contribution < -0.4 is 5.32 Å². The maximum Gasteiger partial charge on any atom is 0.341 e. The summed E-state index contributed by atoms with van der Waals surface area (Å²) < 4.78 is 28.9. The molecule has 8 nitrogen and oxygen atoms in total. The van der Waals surface area contributed by atoms with E-state index in [0.717, 1.165) is 26.7 Å². The van der Waals surface area contributed by atoms with Gasteiger partial charge in [0.1, 0.15) is 5.76 Å². The first kappa shape index (κ1) is 17.5. The van der Waals surface area contributed by atoms with Gasteiger partial charge in [0.05, 0.1) is 30.5 Å². The Morgan fingerprint density at radius 1 is 1.32 bits per heavy atom. The van der Waals surface area contributed by atoms with E-state index >= 15 is 0 Å². The highest BCUT2D eigenvalue weighted by molar-refractivity contribution is 7.88. The number of hydrogen-bond donors (Lipinski definition) is 1. The first-order chi connectivity index (χ1) is 11.9. The monoisotopic (exact) mass is 383 g/mol. The molecule has 0 unspecified atom stereocenters. The second kappa shape index (κ2) is 6.89. The Kier molecular flexibility index (Phi) is 4.82. The lowest BCUT2D eigenvalue weighted by molar-refractivity contribution is 0.194. The summed E-state index contributed by atoms with van der Waals surface area (Å²) in [6.45, 7) is 0.390. The van der Waals surface area contributed by atoms with E-state index in [1.54, 1.807) is 17.6 Å². The van der Waals surface area contributed by atoms with Gasteiger partial charge in [0.15, 0.2) is 0 Å². The van der Waals surface area contributed by atoms with Gasteiger partial charge in [0, 0.05) is 11.4 Å². The molecule has 0 aromatic carbocycles. The lowest BCUT2D eigenvalue weighted by Crippen LogP contribution is -2.44. The van der Waals surface area contributed by atoms with Crippen LogP contribution in [0.2, 0.25) is 0 Å². The van der Waals surface area contributed by atoms with E-state index in [1.807, 2.05) is 24.3 Å². The molecule has 0 spiro atoms. The van der Waals surface area contributed by atoms with Crippen LogP contribution in [0.5, 0.6) is 0 Å². The second-order valence-corrected chi connectivity index (χ2v) is 8.57. The molecule has 25 heavy (non-hydrogen) atoms. The van der Waals surface area contributed by atoms with Crippen LogP contribution in [-0.4, -0.2) is 55.6 Å². The molecule has 2 aromatic heterocycles. The van der Waals surface area contributed by atoms with Gasteiger partial charge in [-0.1, -0.05) is 0 Å². The van der Waals surface area contributed by atoms with Crippen molar-refractivity contribution in [3.8, 4) is 10.6 Å². The van der Waals surface area contributed by atoms with Gasteiger partial charge in [-0.2, -0.15) is 0 Å². The molecule has 3 heterocycles. The van der Waals surface area contributed by atoms with Crippen LogP contribution in [0.25, 0.3) is 10.6 Å². The molecule has 1 aliphatic rings. The standard InChI is InChI=1S/C15H17N3O5S2/c1-25(21,22)18-9-8-17(15(18)20)14(19)16-7-6-11-4-5-13(24-11)12-3-2-10-23-12/h2-5,10H,6-9H2,1H3,(H,16,19). The number of furan rings is 1. The topological polar surface area (TPSA) is 99.9 Å². The average Bonchev–Trinajstić information content (AvgIpc) is 3.25. The SMILES string of the molecule is CS(=O)(=O)N1CCN(C(=O)NCCc2ccc(-c3ccco3)s2)C1=O. The Bertz CT molecular complexity index is 873. The summed E-state index contributed by atoms with van der Waals surface area (Å²) in [6, 6.07) is 6.22. The first-order valence-electron chi connectivity index (χ1n) is 7.56. The number of amides is 4. The predicted molar refractivity (Wildman–Crippen MR) is 92.8 cm³/mol. The number of imide groups is 1. The summed E-state index contributed by atoms with van der Waals surface area (Å²) in [5, 5.41) is 2.65. The highest BCUT2D eigenvalue weighted by atomic mass is 32.2. The molecule has 0 aliphatic carbocycles. The van der Waals surface area contributed by atoms with Gasteiger partial charge in [0.25, 0.3) is 0 Å². The molecule has 0 saturated carbocycles. The maximum atomic E-state index is 12.1. The van der Waals surface area contributed by atoms with E-state index in [1.165, 1.54) is 0 Å². The average molecular weight is 383 g/mol. The van der Waals surface area contributed by atoms with Crippen LogP contribution in [0.1, 0.15) is 4.88 Å². The third-order valence-corrected chi connectivity index (χ3v) is 5.99. The van der Waals surface area contributed by atoms with Crippen molar-refractivity contribution in [2.45, 2.75) is 6.42 Å². The number of hydrogen-bond acceptors (Lipinski definition) is 6. The third kappa shape index (κ3) is 3.85. The number of nitrogens with zero attached hydrogens (tertiary/aromatic N) is 2. The number of carbonyl (C=O) groups excluding carboxylic acids is 2. The van der Waals surface area contributed by atoms with Crippen molar-refractivity contribution in [2.24, 2.45) is 0 Å². The Balaban J connectivity index is 1.51. The fraction of sp³-hybridized carbons (Fsp3) is 0.333. The fourth-order valence-electron chi connectivity index (χ4n) is 2.46. The predicted octanol–water partition coefficient (Wildman–Crippen LogP) is 1.96. The zero-order valence-corrected chi connectivity index (χ0v) is 15.1. The van der Waals surface area contributed by atoms with E-state index in [2.05, 4.69) is 5.32 Å². The molecule has 3 rings (SSSR count). The molecule has 1 N–H and O–H groups in total. The van der Waals surface area contributed by atoms with Crippen molar-refractivity contribution < 1.29 is 22.4 Å². The van der Waals surface area contributed by atoms with E-state index in [4.69, 9.17) is 4.42 Å². The van der Waals surface area contributed by atoms with Crippen LogP contribution in [0.3, 0.4) is 0 Å². The van der Waals surface area contributed by atoms with Gasteiger partial charge in [-0.15, -0.1) is 11.3 Å². The lowest BCUT2D eigenvalue weighted by atomic mass is 10.3. The number of nitrogens with one attached hydrogen (secondary N) is 1. The van der Waals surface area contributed by atoms with E-state index in [9.17, 15) is 18.0 Å². The highest BCUT2D eigenvalue weighted by Crippen LogP contribution is 2.28. The lowest BCUT2D eigenvalue weighted by Gasteiger charge is -2.16. The molecule has 0 bridgehead atoms. The summed E-state index contributed by atoms with van der Waals surface area (Å²) in [5.41, 5.74) is 0. The van der Waals surface area contributed by atoms with Gasteiger partial charge in [-0.25, -0.2) is 27.2 Å². The number of carbonyl (C=O) groups is 2. The van der Waals surface area contributed by atoms with Crippen LogP contribution in [0.15, 0.2) is 34.9 Å². The normalized spacial score (nSPS) is 15.0. The second-order valence-electron chi connectivity index (χ2n) is 5.49. The highest BCUT2D eigenvalue weighted by Gasteiger charge is 2.37. The summed E-state index contributed by atoms with van der Waals surface area (Å²) in [6.07, 6.45) is 3.16. The number of thiophene rings is 1. The van der Waals surface area contributed by atoms with Gasteiger partial charge >= 0.3 is 12.1 Å². The molecular formula is C15H17N3O5S2. The Labute approximate surface area is 149 Å². The molecular weight excluding hydrogens is 366 g/mol. The van der Waals surface area contributed by atoms with Crippen LogP contribution in [0.4, 0.5) is 9.59 Å². The molecule has 2 aromatic rings. The fourth-order valence-corrected chi connectivity index (χ4v) is 4.24. The zero-order chi connectivity index (χ0) is 18.0. The van der Waals surface area contributed by atoms with E-state index in [-0.39, 0.29) is 13.1 Å². The summed E-state index contributed by atoms with van der Waals surface area (Å²) in [4.78, 5) is 27.0. The molecule has 4 amide bonds. The molecule has 1 aliphatic heterocycles. The molecule has 1 fully saturated rings. The minimum Gasteiger partial charge on any atom is -0.464 e. The van der Waals surface area contributed by atoms with E-state index < -0.39 is 22.1 Å². The minimum absolute atomic E-state index is 0.0114. The number of urea groups is 2. The van der Waals surface area contributed by atoms with Crippen molar-refractivity contribution in [1.82, 2.24) is 14.5 Å². The van der Waals surface area contributed by atoms with E-state index in [0.29, 0.717) is 17.3 Å². The smallest absolute Gasteiger partial charge is 0.341 e. The largest absolute Gasteiger partial charge is 0.464 e. The summed E-state index contributed by atoms with van der Waals surface area (Å²) in [5.74, 6) is 0.795. The molecule has 1 saturated heterocycles. The maximum absolute atomic E-state index is 12.1. The Hall–Kier alpha value is -2.33. The van der Waals surface area contributed by atoms with Gasteiger partial charge in [-0.3, -0.25) is 0 Å². The molecule has 134 valence electrons. The molecule has 0 radical (unpaired) electrons. The minimum atomic E-state index is -3.65.